The number of esters is 1. The summed E-state index contributed by atoms with van der Waals surface area (Å²) in [6.45, 7) is 1.18. The highest BCUT2D eigenvalue weighted by atomic mass is 16.6. The van der Waals surface area contributed by atoms with Crippen LogP contribution in [-0.2, 0) is 25.7 Å². The Morgan fingerprint density at radius 2 is 1.65 bits per heavy atom. The van der Waals surface area contributed by atoms with Gasteiger partial charge in [0.25, 0.3) is 17.5 Å². The topological polar surface area (TPSA) is 128 Å². The Kier molecular flexibility index (Phi) is 9.03. The van der Waals surface area contributed by atoms with Crippen molar-refractivity contribution < 1.29 is 28.8 Å². The van der Waals surface area contributed by atoms with Gasteiger partial charge in [-0.25, -0.2) is 4.79 Å². The second-order valence-electron chi connectivity index (χ2n) is 8.79. The average Bonchev–Trinajstić information content (AvgIpc) is 2.98. The van der Waals surface area contributed by atoms with Crippen LogP contribution in [0.15, 0.2) is 103 Å². The third kappa shape index (κ3) is 6.79. The second-order valence-corrected chi connectivity index (χ2v) is 8.79. The maximum Gasteiger partial charge on any atom is 0.355 e. The summed E-state index contributed by atoms with van der Waals surface area (Å²) in [4.78, 5) is 50.4. The van der Waals surface area contributed by atoms with Crippen molar-refractivity contribution in [2.45, 2.75) is 25.6 Å². The molecule has 3 aromatic rings. The van der Waals surface area contributed by atoms with Crippen molar-refractivity contribution in [2.24, 2.45) is 0 Å². The quantitative estimate of drug-likeness (QED) is 0.128. The van der Waals surface area contributed by atoms with Gasteiger partial charge in [-0.1, -0.05) is 66.8 Å². The third-order valence-corrected chi connectivity index (χ3v) is 6.12. The van der Waals surface area contributed by atoms with E-state index in [1.165, 1.54) is 35.2 Å². The van der Waals surface area contributed by atoms with Crippen LogP contribution in [0.1, 0.15) is 18.1 Å². The summed E-state index contributed by atoms with van der Waals surface area (Å²) in [5, 5.41) is 13.6. The van der Waals surface area contributed by atoms with E-state index in [0.29, 0.717) is 11.3 Å². The number of carbonyl (C=O) groups excluding carboxylic acids is 3. The van der Waals surface area contributed by atoms with Crippen molar-refractivity contribution in [1.82, 2.24) is 10.2 Å². The van der Waals surface area contributed by atoms with E-state index < -0.39 is 34.8 Å². The summed E-state index contributed by atoms with van der Waals surface area (Å²) in [5.41, 5.74) is 1.36. The number of ether oxygens (including phenoxy) is 2. The molecule has 2 amide bonds. The van der Waals surface area contributed by atoms with E-state index in [-0.39, 0.29) is 24.6 Å². The van der Waals surface area contributed by atoms with E-state index in [0.717, 1.165) is 5.56 Å². The molecule has 10 heteroatoms. The monoisotopic (exact) mass is 541 g/mol. The number of rotatable bonds is 11. The Hall–Kier alpha value is -5.25. The molecule has 1 fully saturated rings. The van der Waals surface area contributed by atoms with E-state index in [9.17, 15) is 24.5 Å². The van der Waals surface area contributed by atoms with Gasteiger partial charge in [0.05, 0.1) is 11.0 Å². The number of hydrogen-bond acceptors (Lipinski definition) is 7. The SMILES string of the molecule is CC=C(C(=O)OCc1ccc([N+](=O)[O-])cc1)N1C(=O)[C@@H](NC(=O)COc2ccccc2)[C@H]1C=Cc1ccccc1. The molecule has 1 aliphatic heterocycles. The summed E-state index contributed by atoms with van der Waals surface area (Å²) in [6.07, 6.45) is 5.02. The lowest BCUT2D eigenvalue weighted by molar-refractivity contribution is -0.384. The fourth-order valence-electron chi connectivity index (χ4n) is 4.08. The fraction of sp³-hybridized carbons (Fsp3) is 0.167. The van der Waals surface area contributed by atoms with Crippen LogP contribution in [0.4, 0.5) is 5.69 Å². The summed E-state index contributed by atoms with van der Waals surface area (Å²) in [5.74, 6) is -1.19. The number of nitro benzene ring substituents is 1. The number of non-ortho nitro benzene ring substituents is 1. The zero-order valence-electron chi connectivity index (χ0n) is 21.6. The molecule has 3 aromatic carbocycles. The minimum Gasteiger partial charge on any atom is -0.484 e. The highest BCUT2D eigenvalue weighted by Gasteiger charge is 2.50. The number of benzene rings is 3. The van der Waals surface area contributed by atoms with Gasteiger partial charge in [-0.05, 0) is 42.3 Å². The van der Waals surface area contributed by atoms with Crippen LogP contribution in [0, 0.1) is 10.1 Å². The molecule has 1 N–H and O–H groups in total. The maximum atomic E-state index is 13.2. The van der Waals surface area contributed by atoms with Crippen molar-refractivity contribution in [3.63, 3.8) is 0 Å². The highest BCUT2D eigenvalue weighted by molar-refractivity contribution is 6.02. The van der Waals surface area contributed by atoms with E-state index in [1.54, 1.807) is 43.3 Å². The maximum absolute atomic E-state index is 13.2. The number of nitro groups is 1. The third-order valence-electron chi connectivity index (χ3n) is 6.12. The molecule has 40 heavy (non-hydrogen) atoms. The number of nitrogens with one attached hydrogen (secondary N) is 1. The molecule has 0 spiro atoms. The molecule has 0 bridgehead atoms. The van der Waals surface area contributed by atoms with Crippen LogP contribution in [0.5, 0.6) is 5.75 Å². The predicted molar refractivity (Wildman–Crippen MR) is 147 cm³/mol. The van der Waals surface area contributed by atoms with Gasteiger partial charge in [-0.2, -0.15) is 0 Å². The smallest absolute Gasteiger partial charge is 0.355 e. The molecule has 204 valence electrons. The fourth-order valence-corrected chi connectivity index (χ4v) is 4.08. The minimum absolute atomic E-state index is 0.0145. The Morgan fingerprint density at radius 3 is 2.27 bits per heavy atom. The Morgan fingerprint density at radius 1 is 1.00 bits per heavy atom. The average molecular weight is 542 g/mol. The van der Waals surface area contributed by atoms with Crippen LogP contribution in [0.2, 0.25) is 0 Å². The van der Waals surface area contributed by atoms with Crippen molar-refractivity contribution in [3.8, 4) is 5.75 Å². The number of para-hydroxylation sites is 1. The molecule has 0 aromatic heterocycles. The van der Waals surface area contributed by atoms with Crippen molar-refractivity contribution in [1.29, 1.82) is 0 Å². The molecule has 1 heterocycles. The predicted octanol–water partition coefficient (Wildman–Crippen LogP) is 4.03. The number of likely N-dealkylation sites (tertiary alicyclic amines) is 1. The highest BCUT2D eigenvalue weighted by Crippen LogP contribution is 2.28. The van der Waals surface area contributed by atoms with Crippen LogP contribution < -0.4 is 10.1 Å². The number of β-lactam (4-membered cyclic amide) rings is 1. The van der Waals surface area contributed by atoms with E-state index in [2.05, 4.69) is 5.32 Å². The van der Waals surface area contributed by atoms with Crippen LogP contribution in [-0.4, -0.2) is 46.3 Å². The number of amides is 2. The van der Waals surface area contributed by atoms with E-state index in [1.807, 2.05) is 36.4 Å². The van der Waals surface area contributed by atoms with E-state index >= 15 is 0 Å². The zero-order valence-corrected chi connectivity index (χ0v) is 21.6. The second kappa shape index (κ2) is 13.0. The molecule has 10 nitrogen and oxygen atoms in total. The molecule has 1 aliphatic rings. The number of allylic oxidation sites excluding steroid dienone is 1. The summed E-state index contributed by atoms with van der Waals surface area (Å²) in [7, 11) is 0. The molecule has 0 saturated carbocycles. The molecular weight excluding hydrogens is 514 g/mol. The standard InChI is InChI=1S/C30H27N3O7/c1-2-25(30(36)40-19-22-13-16-23(17-14-22)33(37)38)32-26(18-15-21-9-5-3-6-10-21)28(29(32)35)31-27(34)20-39-24-11-7-4-8-12-24/h2-18,26,28H,19-20H2,1H3,(H,31,34)/t26-,28+/m1/s1. The minimum atomic E-state index is -0.913. The largest absolute Gasteiger partial charge is 0.484 e. The normalized spacial score (nSPS) is 16.8. The molecule has 4 rings (SSSR count). The summed E-state index contributed by atoms with van der Waals surface area (Å²) >= 11 is 0. The first kappa shape index (κ1) is 27.8. The van der Waals surface area contributed by atoms with Gasteiger partial charge in [0.1, 0.15) is 24.1 Å². The van der Waals surface area contributed by atoms with Gasteiger partial charge in [-0.15, -0.1) is 0 Å². The van der Waals surface area contributed by atoms with Crippen molar-refractivity contribution in [2.75, 3.05) is 6.61 Å². The van der Waals surface area contributed by atoms with Crippen molar-refractivity contribution in [3.05, 3.63) is 124 Å². The lowest BCUT2D eigenvalue weighted by atomic mass is 9.92. The zero-order chi connectivity index (χ0) is 28.5. The molecule has 0 radical (unpaired) electrons. The Balaban J connectivity index is 1.45. The first-order chi connectivity index (χ1) is 19.4. The summed E-state index contributed by atoms with van der Waals surface area (Å²) < 4.78 is 10.9. The Bertz CT molecular complexity index is 1420. The van der Waals surface area contributed by atoms with Gasteiger partial charge in [-0.3, -0.25) is 24.6 Å². The van der Waals surface area contributed by atoms with Gasteiger partial charge in [0, 0.05) is 12.1 Å². The first-order valence-electron chi connectivity index (χ1n) is 12.5. The molecule has 1 saturated heterocycles. The van der Waals surface area contributed by atoms with Gasteiger partial charge in [0.2, 0.25) is 0 Å². The lowest BCUT2D eigenvalue weighted by Gasteiger charge is -2.46. The van der Waals surface area contributed by atoms with E-state index in [4.69, 9.17) is 9.47 Å². The summed E-state index contributed by atoms with van der Waals surface area (Å²) in [6, 6.07) is 22.3. The van der Waals surface area contributed by atoms with Crippen LogP contribution in [0.3, 0.4) is 0 Å². The van der Waals surface area contributed by atoms with Gasteiger partial charge >= 0.3 is 5.97 Å². The van der Waals surface area contributed by atoms with Gasteiger partial charge < -0.3 is 14.8 Å². The number of carbonyl (C=O) groups is 3. The first-order valence-corrected chi connectivity index (χ1v) is 12.5. The Labute approximate surface area is 230 Å². The van der Waals surface area contributed by atoms with Crippen LogP contribution >= 0.6 is 0 Å². The number of nitrogens with zero attached hydrogens (tertiary/aromatic N) is 2. The lowest BCUT2D eigenvalue weighted by Crippen LogP contribution is -2.70. The molecular formula is C30H27N3O7. The molecule has 0 unspecified atom stereocenters. The molecule has 0 aliphatic carbocycles. The van der Waals surface area contributed by atoms with Crippen LogP contribution in [0.25, 0.3) is 6.08 Å². The van der Waals surface area contributed by atoms with Crippen molar-refractivity contribution >= 4 is 29.5 Å². The molecule has 2 atom stereocenters. The number of hydrogen-bond donors (Lipinski definition) is 1. The van der Waals surface area contributed by atoms with Gasteiger partial charge in [0.15, 0.2) is 6.61 Å².